The van der Waals surface area contributed by atoms with Crippen LogP contribution in [0.5, 0.6) is 5.75 Å². The van der Waals surface area contributed by atoms with Gasteiger partial charge in [-0.1, -0.05) is 29.3 Å². The van der Waals surface area contributed by atoms with Gasteiger partial charge in [0.25, 0.3) is 0 Å². The van der Waals surface area contributed by atoms with Crippen LogP contribution in [0.3, 0.4) is 0 Å². The van der Waals surface area contributed by atoms with Crippen LogP contribution in [-0.2, 0) is 6.54 Å². The largest absolute Gasteiger partial charge is 0.495 e. The molecule has 0 bridgehead atoms. The molecule has 2 nitrogen and oxygen atoms in total. The van der Waals surface area contributed by atoms with Gasteiger partial charge in [0.2, 0.25) is 0 Å². The van der Waals surface area contributed by atoms with Gasteiger partial charge in [-0.15, -0.1) is 0 Å². The van der Waals surface area contributed by atoms with Gasteiger partial charge in [-0.2, -0.15) is 0 Å². The normalized spacial score (nSPS) is 10.3. The van der Waals surface area contributed by atoms with Gasteiger partial charge < -0.3 is 10.1 Å². The summed E-state index contributed by atoms with van der Waals surface area (Å²) >= 11 is 11.7. The molecule has 100 valence electrons. The van der Waals surface area contributed by atoms with E-state index >= 15 is 0 Å². The molecule has 0 atom stereocenters. The van der Waals surface area contributed by atoms with E-state index in [1.54, 1.807) is 31.4 Å². The second-order valence-corrected chi connectivity index (χ2v) is 4.77. The van der Waals surface area contributed by atoms with Gasteiger partial charge in [0, 0.05) is 18.3 Å². The summed E-state index contributed by atoms with van der Waals surface area (Å²) in [7, 11) is 1.56. The first-order valence-electron chi connectivity index (χ1n) is 5.61. The molecular weight excluding hydrogens is 288 g/mol. The maximum atomic E-state index is 13.0. The lowest BCUT2D eigenvalue weighted by Crippen LogP contribution is -2.00. The minimum atomic E-state index is -0.418. The summed E-state index contributed by atoms with van der Waals surface area (Å²) in [5.41, 5.74) is 1.75. The fourth-order valence-electron chi connectivity index (χ4n) is 1.62. The van der Waals surface area contributed by atoms with Crippen molar-refractivity contribution >= 4 is 28.9 Å². The zero-order valence-corrected chi connectivity index (χ0v) is 11.7. The van der Waals surface area contributed by atoms with Crippen molar-refractivity contribution < 1.29 is 9.13 Å². The lowest BCUT2D eigenvalue weighted by Gasteiger charge is -2.09. The Morgan fingerprint density at radius 1 is 1.11 bits per heavy atom. The Bertz CT molecular complexity index is 590. The van der Waals surface area contributed by atoms with Crippen molar-refractivity contribution in [3.05, 3.63) is 57.8 Å². The number of benzene rings is 2. The average molecular weight is 300 g/mol. The average Bonchev–Trinajstić information content (AvgIpc) is 2.41. The second kappa shape index (κ2) is 6.13. The van der Waals surface area contributed by atoms with Crippen LogP contribution in [0.15, 0.2) is 36.4 Å². The highest BCUT2D eigenvalue weighted by Crippen LogP contribution is 2.27. The summed E-state index contributed by atoms with van der Waals surface area (Å²) in [6.45, 7) is 0.533. The molecule has 0 aromatic heterocycles. The molecule has 0 aliphatic rings. The number of ether oxygens (including phenoxy) is 1. The summed E-state index contributed by atoms with van der Waals surface area (Å²) in [4.78, 5) is 0. The van der Waals surface area contributed by atoms with Crippen molar-refractivity contribution in [2.75, 3.05) is 12.4 Å². The zero-order valence-electron chi connectivity index (χ0n) is 10.2. The van der Waals surface area contributed by atoms with E-state index in [2.05, 4.69) is 5.32 Å². The molecule has 0 aliphatic heterocycles. The molecule has 0 heterocycles. The molecule has 0 saturated carbocycles. The van der Waals surface area contributed by atoms with E-state index in [-0.39, 0.29) is 5.02 Å². The molecule has 1 N–H and O–H groups in total. The number of hydrogen-bond donors (Lipinski definition) is 1. The molecule has 2 aromatic rings. The Hall–Kier alpha value is -1.45. The highest BCUT2D eigenvalue weighted by atomic mass is 35.5. The monoisotopic (exact) mass is 299 g/mol. The van der Waals surface area contributed by atoms with E-state index in [1.165, 1.54) is 6.07 Å². The molecule has 2 aromatic carbocycles. The van der Waals surface area contributed by atoms with Crippen LogP contribution in [0.2, 0.25) is 10.0 Å². The fraction of sp³-hybridized carbons (Fsp3) is 0.143. The topological polar surface area (TPSA) is 21.3 Å². The van der Waals surface area contributed by atoms with Gasteiger partial charge >= 0.3 is 0 Å². The van der Waals surface area contributed by atoms with E-state index in [1.807, 2.05) is 6.07 Å². The Labute approximate surface area is 121 Å². The predicted octanol–water partition coefficient (Wildman–Crippen LogP) is 4.75. The first-order chi connectivity index (χ1) is 9.10. The number of anilines is 1. The predicted molar refractivity (Wildman–Crippen MR) is 76.7 cm³/mol. The van der Waals surface area contributed by atoms with Gasteiger partial charge in [0.15, 0.2) is 0 Å². The lowest BCUT2D eigenvalue weighted by molar-refractivity contribution is 0.415. The SMILES string of the molecule is COc1cc(NCc2ccc(F)c(Cl)c2)ccc1Cl. The van der Waals surface area contributed by atoms with Gasteiger partial charge in [0.1, 0.15) is 11.6 Å². The molecule has 0 saturated heterocycles. The van der Waals surface area contributed by atoms with E-state index in [0.29, 0.717) is 17.3 Å². The highest BCUT2D eigenvalue weighted by Gasteiger charge is 2.03. The van der Waals surface area contributed by atoms with Crippen molar-refractivity contribution in [1.29, 1.82) is 0 Å². The van der Waals surface area contributed by atoms with Crippen LogP contribution in [0.25, 0.3) is 0 Å². The summed E-state index contributed by atoms with van der Waals surface area (Å²) in [5.74, 6) is 0.183. The maximum Gasteiger partial charge on any atom is 0.141 e. The third kappa shape index (κ3) is 3.52. The fourth-order valence-corrected chi connectivity index (χ4v) is 2.02. The minimum Gasteiger partial charge on any atom is -0.495 e. The number of hydrogen-bond acceptors (Lipinski definition) is 2. The van der Waals surface area contributed by atoms with Crippen LogP contribution >= 0.6 is 23.2 Å². The molecule has 0 spiro atoms. The number of rotatable bonds is 4. The van der Waals surface area contributed by atoms with Crippen LogP contribution in [0.4, 0.5) is 10.1 Å². The van der Waals surface area contributed by atoms with Crippen molar-refractivity contribution in [2.45, 2.75) is 6.54 Å². The van der Waals surface area contributed by atoms with E-state index in [4.69, 9.17) is 27.9 Å². The van der Waals surface area contributed by atoms with Gasteiger partial charge in [0.05, 0.1) is 17.2 Å². The summed E-state index contributed by atoms with van der Waals surface area (Å²) < 4.78 is 18.2. The molecule has 0 unspecified atom stereocenters. The Morgan fingerprint density at radius 3 is 2.58 bits per heavy atom. The van der Waals surface area contributed by atoms with E-state index in [9.17, 15) is 4.39 Å². The summed E-state index contributed by atoms with van der Waals surface area (Å²) in [5, 5.41) is 3.86. The zero-order chi connectivity index (χ0) is 13.8. The Kier molecular flexibility index (Phi) is 4.51. The van der Waals surface area contributed by atoms with Gasteiger partial charge in [-0.05, 0) is 29.8 Å². The van der Waals surface area contributed by atoms with E-state index in [0.717, 1.165) is 11.3 Å². The maximum absolute atomic E-state index is 13.0. The van der Waals surface area contributed by atoms with Crippen molar-refractivity contribution in [3.8, 4) is 5.75 Å². The van der Waals surface area contributed by atoms with Crippen LogP contribution in [0.1, 0.15) is 5.56 Å². The molecule has 19 heavy (non-hydrogen) atoms. The molecule has 0 aliphatic carbocycles. The minimum absolute atomic E-state index is 0.119. The third-order valence-corrected chi connectivity index (χ3v) is 3.23. The number of nitrogens with one attached hydrogen (secondary N) is 1. The van der Waals surface area contributed by atoms with Gasteiger partial charge in [-0.3, -0.25) is 0 Å². The smallest absolute Gasteiger partial charge is 0.141 e. The first kappa shape index (κ1) is 14.0. The first-order valence-corrected chi connectivity index (χ1v) is 6.37. The number of halogens is 3. The number of methoxy groups -OCH3 is 1. The Morgan fingerprint density at radius 2 is 1.89 bits per heavy atom. The summed E-state index contributed by atoms with van der Waals surface area (Å²) in [6, 6.07) is 10.0. The van der Waals surface area contributed by atoms with E-state index < -0.39 is 5.82 Å². The van der Waals surface area contributed by atoms with Gasteiger partial charge in [-0.25, -0.2) is 4.39 Å². The lowest BCUT2D eigenvalue weighted by atomic mass is 10.2. The molecule has 0 amide bonds. The highest BCUT2D eigenvalue weighted by molar-refractivity contribution is 6.32. The summed E-state index contributed by atoms with van der Waals surface area (Å²) in [6.07, 6.45) is 0. The second-order valence-electron chi connectivity index (χ2n) is 3.95. The molecule has 2 rings (SSSR count). The van der Waals surface area contributed by atoms with Crippen molar-refractivity contribution in [3.63, 3.8) is 0 Å². The van der Waals surface area contributed by atoms with Crippen molar-refractivity contribution in [1.82, 2.24) is 0 Å². The standard InChI is InChI=1S/C14H12Cl2FNO/c1-19-14-7-10(3-4-11(14)15)18-8-9-2-5-13(17)12(16)6-9/h2-7,18H,8H2,1H3. The van der Waals surface area contributed by atoms with Crippen LogP contribution in [-0.4, -0.2) is 7.11 Å². The molecule has 0 fully saturated rings. The van der Waals surface area contributed by atoms with Crippen molar-refractivity contribution in [2.24, 2.45) is 0 Å². The molecule has 5 heteroatoms. The molecule has 0 radical (unpaired) electrons. The Balaban J connectivity index is 2.07. The molecular formula is C14H12Cl2FNO. The quantitative estimate of drug-likeness (QED) is 0.879. The third-order valence-electron chi connectivity index (χ3n) is 2.63. The van der Waals surface area contributed by atoms with Crippen LogP contribution < -0.4 is 10.1 Å². The van der Waals surface area contributed by atoms with Crippen LogP contribution in [0, 0.1) is 5.82 Å².